The Kier molecular flexibility index (Phi) is 3.16. The number of carbonyl (C=O) groups is 1. The molecule has 0 radical (unpaired) electrons. The third-order valence-corrected chi connectivity index (χ3v) is 1.64. The molecule has 0 aliphatic rings. The molecule has 0 aromatic heterocycles. The lowest BCUT2D eigenvalue weighted by Crippen LogP contribution is -2.13. The van der Waals surface area contributed by atoms with Crippen LogP contribution in [0.5, 0.6) is 0 Å². The van der Waals surface area contributed by atoms with Crippen LogP contribution >= 0.6 is 0 Å². The van der Waals surface area contributed by atoms with Crippen molar-refractivity contribution in [3.63, 3.8) is 0 Å². The number of hydrazone groups is 1. The van der Waals surface area contributed by atoms with Crippen molar-refractivity contribution < 1.29 is 4.79 Å². The van der Waals surface area contributed by atoms with E-state index in [1.54, 1.807) is 24.3 Å². The SMILES string of the molecule is NCC(=O)c1ccc(C=NN)cc1. The number of carbonyl (C=O) groups excluding carboxylic acids is 1. The van der Waals surface area contributed by atoms with E-state index in [-0.39, 0.29) is 12.3 Å². The Labute approximate surface area is 76.2 Å². The summed E-state index contributed by atoms with van der Waals surface area (Å²) >= 11 is 0. The van der Waals surface area contributed by atoms with Crippen molar-refractivity contribution >= 4 is 12.0 Å². The van der Waals surface area contributed by atoms with Crippen LogP contribution in [0, 0.1) is 0 Å². The van der Waals surface area contributed by atoms with E-state index in [0.717, 1.165) is 5.56 Å². The van der Waals surface area contributed by atoms with E-state index in [0.29, 0.717) is 5.56 Å². The molecule has 0 atom stereocenters. The van der Waals surface area contributed by atoms with Gasteiger partial charge < -0.3 is 11.6 Å². The molecule has 0 fully saturated rings. The van der Waals surface area contributed by atoms with Crippen LogP contribution in [0.15, 0.2) is 29.4 Å². The zero-order chi connectivity index (χ0) is 9.68. The number of nitrogens with two attached hydrogens (primary N) is 2. The second-order valence-electron chi connectivity index (χ2n) is 2.53. The third-order valence-electron chi connectivity index (χ3n) is 1.64. The van der Waals surface area contributed by atoms with Crippen LogP contribution in [-0.2, 0) is 0 Å². The molecule has 13 heavy (non-hydrogen) atoms. The van der Waals surface area contributed by atoms with E-state index in [4.69, 9.17) is 11.6 Å². The second-order valence-corrected chi connectivity index (χ2v) is 2.53. The van der Waals surface area contributed by atoms with Crippen LogP contribution in [0.2, 0.25) is 0 Å². The first-order chi connectivity index (χ1) is 6.27. The topological polar surface area (TPSA) is 81.5 Å². The summed E-state index contributed by atoms with van der Waals surface area (Å²) in [6.07, 6.45) is 1.51. The van der Waals surface area contributed by atoms with Gasteiger partial charge in [-0.05, 0) is 5.56 Å². The summed E-state index contributed by atoms with van der Waals surface area (Å²) in [6, 6.07) is 6.93. The van der Waals surface area contributed by atoms with Gasteiger partial charge in [-0.15, -0.1) is 0 Å². The molecule has 0 heterocycles. The lowest BCUT2D eigenvalue weighted by atomic mass is 10.1. The minimum absolute atomic E-state index is 0.0321. The predicted molar refractivity (Wildman–Crippen MR) is 51.6 cm³/mol. The van der Waals surface area contributed by atoms with Crippen molar-refractivity contribution in [1.29, 1.82) is 0 Å². The Morgan fingerprint density at radius 2 is 2.00 bits per heavy atom. The van der Waals surface area contributed by atoms with Gasteiger partial charge in [0.15, 0.2) is 5.78 Å². The first-order valence-electron chi connectivity index (χ1n) is 3.84. The normalized spacial score (nSPS) is 10.5. The smallest absolute Gasteiger partial charge is 0.176 e. The fourth-order valence-electron chi connectivity index (χ4n) is 0.959. The standard InChI is InChI=1S/C9H11N3O/c10-5-9(13)8-3-1-7(2-4-8)6-12-11/h1-4,6H,5,10-11H2. The van der Waals surface area contributed by atoms with Crippen molar-refractivity contribution in [2.45, 2.75) is 0 Å². The zero-order valence-corrected chi connectivity index (χ0v) is 7.10. The molecule has 0 spiro atoms. The average Bonchev–Trinajstić information content (AvgIpc) is 2.18. The number of hydrogen-bond donors (Lipinski definition) is 2. The van der Waals surface area contributed by atoms with Gasteiger partial charge in [-0.2, -0.15) is 5.10 Å². The molecule has 4 nitrogen and oxygen atoms in total. The number of hydrogen-bond acceptors (Lipinski definition) is 4. The fraction of sp³-hybridized carbons (Fsp3) is 0.111. The fourth-order valence-corrected chi connectivity index (χ4v) is 0.959. The number of benzene rings is 1. The van der Waals surface area contributed by atoms with E-state index in [1.807, 2.05) is 0 Å². The lowest BCUT2D eigenvalue weighted by molar-refractivity contribution is 0.100. The van der Waals surface area contributed by atoms with Gasteiger partial charge in [0.1, 0.15) is 0 Å². The molecule has 1 aromatic rings. The number of Topliss-reactive ketones (excluding diaryl/α,β-unsaturated/α-hetero) is 1. The first-order valence-corrected chi connectivity index (χ1v) is 3.84. The van der Waals surface area contributed by atoms with Crippen molar-refractivity contribution in [3.05, 3.63) is 35.4 Å². The third kappa shape index (κ3) is 2.38. The Morgan fingerprint density at radius 3 is 2.46 bits per heavy atom. The predicted octanol–water partition coefficient (Wildman–Crippen LogP) is 0.121. The van der Waals surface area contributed by atoms with Crippen molar-refractivity contribution in [2.24, 2.45) is 16.7 Å². The summed E-state index contributed by atoms with van der Waals surface area (Å²) < 4.78 is 0. The average molecular weight is 177 g/mol. The summed E-state index contributed by atoms with van der Waals surface area (Å²) in [6.45, 7) is 0.0321. The van der Waals surface area contributed by atoms with E-state index in [1.165, 1.54) is 6.21 Å². The molecular weight excluding hydrogens is 166 g/mol. The molecule has 0 aliphatic heterocycles. The maximum absolute atomic E-state index is 11.1. The highest BCUT2D eigenvalue weighted by atomic mass is 16.1. The molecule has 1 rings (SSSR count). The van der Waals surface area contributed by atoms with Crippen LogP contribution < -0.4 is 11.6 Å². The highest BCUT2D eigenvalue weighted by Gasteiger charge is 2.01. The molecule has 0 bridgehead atoms. The highest BCUT2D eigenvalue weighted by molar-refractivity contribution is 5.98. The van der Waals surface area contributed by atoms with E-state index >= 15 is 0 Å². The first kappa shape index (κ1) is 9.41. The monoisotopic (exact) mass is 177 g/mol. The van der Waals surface area contributed by atoms with E-state index in [2.05, 4.69) is 5.10 Å². The van der Waals surface area contributed by atoms with Crippen LogP contribution in [0.3, 0.4) is 0 Å². The maximum atomic E-state index is 11.1. The molecule has 4 N–H and O–H groups in total. The van der Waals surface area contributed by atoms with Crippen LogP contribution in [0.1, 0.15) is 15.9 Å². The number of nitrogens with zero attached hydrogens (tertiary/aromatic N) is 1. The summed E-state index contributed by atoms with van der Waals surface area (Å²) in [5.74, 6) is 4.89. The van der Waals surface area contributed by atoms with Crippen molar-refractivity contribution in [2.75, 3.05) is 6.54 Å². The van der Waals surface area contributed by atoms with Gasteiger partial charge in [-0.25, -0.2) is 0 Å². The zero-order valence-electron chi connectivity index (χ0n) is 7.10. The van der Waals surface area contributed by atoms with Crippen LogP contribution in [0.25, 0.3) is 0 Å². The molecule has 0 saturated carbocycles. The second kappa shape index (κ2) is 4.37. The Bertz CT molecular complexity index is 316. The van der Waals surface area contributed by atoms with E-state index in [9.17, 15) is 4.79 Å². The lowest BCUT2D eigenvalue weighted by Gasteiger charge is -1.97. The molecule has 0 unspecified atom stereocenters. The van der Waals surface area contributed by atoms with E-state index < -0.39 is 0 Å². The van der Waals surface area contributed by atoms with Crippen molar-refractivity contribution in [3.8, 4) is 0 Å². The molecular formula is C9H11N3O. The van der Waals surface area contributed by atoms with Crippen LogP contribution in [0.4, 0.5) is 0 Å². The van der Waals surface area contributed by atoms with Gasteiger partial charge in [0.25, 0.3) is 0 Å². The minimum Gasteiger partial charge on any atom is -0.324 e. The van der Waals surface area contributed by atoms with Gasteiger partial charge in [0, 0.05) is 5.56 Å². The quantitative estimate of drug-likeness (QED) is 0.298. The Morgan fingerprint density at radius 1 is 1.38 bits per heavy atom. The van der Waals surface area contributed by atoms with Crippen molar-refractivity contribution in [1.82, 2.24) is 0 Å². The molecule has 0 aliphatic carbocycles. The molecule has 0 saturated heterocycles. The van der Waals surface area contributed by atoms with Gasteiger partial charge in [0.05, 0.1) is 12.8 Å². The van der Waals surface area contributed by atoms with Gasteiger partial charge in [-0.1, -0.05) is 24.3 Å². The largest absolute Gasteiger partial charge is 0.324 e. The number of rotatable bonds is 3. The summed E-state index contributed by atoms with van der Waals surface area (Å²) in [5.41, 5.74) is 6.67. The maximum Gasteiger partial charge on any atom is 0.176 e. The number of ketones is 1. The molecule has 4 heteroatoms. The van der Waals surface area contributed by atoms with Gasteiger partial charge in [-0.3, -0.25) is 4.79 Å². The Hall–Kier alpha value is -1.68. The summed E-state index contributed by atoms with van der Waals surface area (Å²) in [5, 5.41) is 3.37. The van der Waals surface area contributed by atoms with Crippen LogP contribution in [-0.4, -0.2) is 18.5 Å². The minimum atomic E-state index is -0.0729. The molecule has 1 aromatic carbocycles. The summed E-state index contributed by atoms with van der Waals surface area (Å²) in [7, 11) is 0. The molecule has 0 amide bonds. The Balaban J connectivity index is 2.87. The van der Waals surface area contributed by atoms with Gasteiger partial charge in [0.2, 0.25) is 0 Å². The molecule has 68 valence electrons. The summed E-state index contributed by atoms with van der Waals surface area (Å²) in [4.78, 5) is 11.1. The van der Waals surface area contributed by atoms with Gasteiger partial charge >= 0.3 is 0 Å². The highest BCUT2D eigenvalue weighted by Crippen LogP contribution is 2.02.